The smallest absolute Gasteiger partial charge is 0.165 e. The lowest BCUT2D eigenvalue weighted by molar-refractivity contribution is 0.349. The van der Waals surface area contributed by atoms with Crippen molar-refractivity contribution in [1.29, 1.82) is 0 Å². The first kappa shape index (κ1) is 15.3. The van der Waals surface area contributed by atoms with Gasteiger partial charge < -0.3 is 15.2 Å². The second kappa shape index (κ2) is 6.54. The van der Waals surface area contributed by atoms with Crippen molar-refractivity contribution in [2.45, 2.75) is 12.5 Å². The molecule has 0 aliphatic heterocycles. The number of methoxy groups -OCH3 is 2. The molecule has 1 unspecified atom stereocenters. The Labute approximate surface area is 122 Å². The third-order valence-corrected chi connectivity index (χ3v) is 3.27. The molecule has 0 spiro atoms. The van der Waals surface area contributed by atoms with Crippen LogP contribution >= 0.6 is 0 Å². The molecule has 0 saturated carbocycles. The summed E-state index contributed by atoms with van der Waals surface area (Å²) in [5.74, 6) is -0.616. The predicted molar refractivity (Wildman–Crippen MR) is 76.5 cm³/mol. The standard InChI is InChI=1S/C16H17F2NO2/c1-20-15-5-3-4-11(16(15)21-2)14(19)9-10-6-7-12(17)13(18)8-10/h3-8,14H,9,19H2,1-2H3. The first-order valence-electron chi connectivity index (χ1n) is 6.47. The Kier molecular flexibility index (Phi) is 4.75. The Bertz CT molecular complexity index is 632. The fourth-order valence-corrected chi connectivity index (χ4v) is 2.23. The molecule has 112 valence electrons. The van der Waals surface area contributed by atoms with Crippen molar-refractivity contribution < 1.29 is 18.3 Å². The van der Waals surface area contributed by atoms with Crippen molar-refractivity contribution in [2.24, 2.45) is 5.73 Å². The molecule has 3 nitrogen and oxygen atoms in total. The van der Waals surface area contributed by atoms with Crippen LogP contribution in [0.2, 0.25) is 0 Å². The lowest BCUT2D eigenvalue weighted by Gasteiger charge is -2.18. The van der Waals surface area contributed by atoms with Crippen LogP contribution in [0.1, 0.15) is 17.2 Å². The summed E-state index contributed by atoms with van der Waals surface area (Å²) < 4.78 is 36.7. The summed E-state index contributed by atoms with van der Waals surface area (Å²) in [6.45, 7) is 0. The van der Waals surface area contributed by atoms with E-state index in [0.29, 0.717) is 23.5 Å². The first-order chi connectivity index (χ1) is 10.1. The van der Waals surface area contributed by atoms with Crippen LogP contribution in [-0.2, 0) is 6.42 Å². The maximum absolute atomic E-state index is 13.2. The van der Waals surface area contributed by atoms with E-state index in [2.05, 4.69) is 0 Å². The monoisotopic (exact) mass is 293 g/mol. The summed E-state index contributed by atoms with van der Waals surface area (Å²) >= 11 is 0. The molecule has 2 aromatic rings. The molecule has 0 fully saturated rings. The van der Waals surface area contributed by atoms with Gasteiger partial charge in [-0.15, -0.1) is 0 Å². The minimum Gasteiger partial charge on any atom is -0.493 e. The van der Waals surface area contributed by atoms with E-state index in [-0.39, 0.29) is 0 Å². The Hall–Kier alpha value is -2.14. The molecule has 0 aliphatic carbocycles. The van der Waals surface area contributed by atoms with Gasteiger partial charge in [-0.05, 0) is 30.2 Å². The van der Waals surface area contributed by atoms with E-state index in [1.54, 1.807) is 13.2 Å². The van der Waals surface area contributed by atoms with Gasteiger partial charge in [0.2, 0.25) is 0 Å². The van der Waals surface area contributed by atoms with Gasteiger partial charge in [-0.2, -0.15) is 0 Å². The number of hydrogen-bond donors (Lipinski definition) is 1. The number of halogens is 2. The molecule has 0 aromatic heterocycles. The number of nitrogens with two attached hydrogens (primary N) is 1. The number of rotatable bonds is 5. The molecule has 1 atom stereocenters. The van der Waals surface area contributed by atoms with Gasteiger partial charge >= 0.3 is 0 Å². The largest absolute Gasteiger partial charge is 0.493 e. The van der Waals surface area contributed by atoms with Crippen LogP contribution in [0.25, 0.3) is 0 Å². The van der Waals surface area contributed by atoms with E-state index in [4.69, 9.17) is 15.2 Å². The van der Waals surface area contributed by atoms with Gasteiger partial charge in [-0.3, -0.25) is 0 Å². The van der Waals surface area contributed by atoms with Crippen LogP contribution in [0.3, 0.4) is 0 Å². The van der Waals surface area contributed by atoms with Crippen LogP contribution in [0.15, 0.2) is 36.4 Å². The van der Waals surface area contributed by atoms with Gasteiger partial charge in [0.1, 0.15) is 0 Å². The molecule has 21 heavy (non-hydrogen) atoms. The van der Waals surface area contributed by atoms with Crippen LogP contribution in [0, 0.1) is 11.6 Å². The molecule has 0 heterocycles. The molecule has 0 bridgehead atoms. The molecule has 0 aliphatic rings. The molecule has 5 heteroatoms. The van der Waals surface area contributed by atoms with E-state index in [1.165, 1.54) is 13.2 Å². The molecular weight excluding hydrogens is 276 g/mol. The van der Waals surface area contributed by atoms with Gasteiger partial charge in [0.05, 0.1) is 14.2 Å². The van der Waals surface area contributed by atoms with Gasteiger partial charge in [-0.25, -0.2) is 8.78 Å². The maximum atomic E-state index is 13.2. The minimum absolute atomic E-state index is 0.362. The number of para-hydroxylation sites is 1. The quantitative estimate of drug-likeness (QED) is 0.920. The Morgan fingerprint density at radius 3 is 2.43 bits per heavy atom. The molecule has 2 N–H and O–H groups in total. The molecular formula is C16H17F2NO2. The fourth-order valence-electron chi connectivity index (χ4n) is 2.23. The summed E-state index contributed by atoms with van der Waals surface area (Å²) in [5, 5.41) is 0. The number of ether oxygens (including phenoxy) is 2. The highest BCUT2D eigenvalue weighted by molar-refractivity contribution is 5.48. The van der Waals surface area contributed by atoms with Gasteiger partial charge in [0.15, 0.2) is 23.1 Å². The van der Waals surface area contributed by atoms with Crippen LogP contribution in [0.5, 0.6) is 11.5 Å². The molecule has 2 rings (SSSR count). The highest BCUT2D eigenvalue weighted by Gasteiger charge is 2.16. The summed E-state index contributed by atoms with van der Waals surface area (Å²) in [7, 11) is 3.08. The molecule has 0 amide bonds. The van der Waals surface area contributed by atoms with Crippen molar-refractivity contribution >= 4 is 0 Å². The van der Waals surface area contributed by atoms with Crippen molar-refractivity contribution in [2.75, 3.05) is 14.2 Å². The van der Waals surface area contributed by atoms with Crippen molar-refractivity contribution in [1.82, 2.24) is 0 Å². The first-order valence-corrected chi connectivity index (χ1v) is 6.47. The Balaban J connectivity index is 2.27. The topological polar surface area (TPSA) is 44.5 Å². The number of benzene rings is 2. The second-order valence-electron chi connectivity index (χ2n) is 4.64. The third-order valence-electron chi connectivity index (χ3n) is 3.27. The lowest BCUT2D eigenvalue weighted by atomic mass is 9.98. The van der Waals surface area contributed by atoms with E-state index >= 15 is 0 Å². The van der Waals surface area contributed by atoms with Crippen molar-refractivity contribution in [3.63, 3.8) is 0 Å². The summed E-state index contributed by atoms with van der Waals surface area (Å²) in [5.41, 5.74) is 7.53. The SMILES string of the molecule is COc1cccc(C(N)Cc2ccc(F)c(F)c2)c1OC. The van der Waals surface area contributed by atoms with E-state index in [1.807, 2.05) is 12.1 Å². The van der Waals surface area contributed by atoms with Crippen LogP contribution in [0.4, 0.5) is 8.78 Å². The summed E-state index contributed by atoms with van der Waals surface area (Å²) in [6, 6.07) is 8.76. The van der Waals surface area contributed by atoms with E-state index in [0.717, 1.165) is 17.7 Å². The zero-order valence-corrected chi connectivity index (χ0v) is 11.9. The molecule has 0 saturated heterocycles. The fraction of sp³-hybridized carbons (Fsp3) is 0.250. The average Bonchev–Trinajstić information content (AvgIpc) is 2.49. The summed E-state index contributed by atoms with van der Waals surface area (Å²) in [4.78, 5) is 0. The zero-order valence-electron chi connectivity index (χ0n) is 11.9. The van der Waals surface area contributed by atoms with Crippen LogP contribution in [-0.4, -0.2) is 14.2 Å². The Morgan fingerprint density at radius 2 is 1.81 bits per heavy atom. The van der Waals surface area contributed by atoms with Gasteiger partial charge in [0.25, 0.3) is 0 Å². The van der Waals surface area contributed by atoms with Crippen molar-refractivity contribution in [3.8, 4) is 11.5 Å². The third kappa shape index (κ3) is 3.31. The van der Waals surface area contributed by atoms with Crippen LogP contribution < -0.4 is 15.2 Å². The lowest BCUT2D eigenvalue weighted by Crippen LogP contribution is -2.15. The van der Waals surface area contributed by atoms with Crippen molar-refractivity contribution in [3.05, 3.63) is 59.2 Å². The van der Waals surface area contributed by atoms with E-state index in [9.17, 15) is 8.78 Å². The summed E-state index contributed by atoms with van der Waals surface area (Å²) in [6.07, 6.45) is 0.362. The molecule has 2 aromatic carbocycles. The second-order valence-corrected chi connectivity index (χ2v) is 4.64. The van der Waals surface area contributed by atoms with Gasteiger partial charge in [-0.1, -0.05) is 18.2 Å². The average molecular weight is 293 g/mol. The minimum atomic E-state index is -0.877. The maximum Gasteiger partial charge on any atom is 0.165 e. The number of hydrogen-bond acceptors (Lipinski definition) is 3. The highest BCUT2D eigenvalue weighted by Crippen LogP contribution is 2.34. The Morgan fingerprint density at radius 1 is 1.05 bits per heavy atom. The molecule has 0 radical (unpaired) electrons. The van der Waals surface area contributed by atoms with Gasteiger partial charge in [0, 0.05) is 11.6 Å². The normalized spacial score (nSPS) is 12.0. The predicted octanol–water partition coefficient (Wildman–Crippen LogP) is 3.22. The highest BCUT2D eigenvalue weighted by atomic mass is 19.2. The van der Waals surface area contributed by atoms with E-state index < -0.39 is 17.7 Å². The zero-order chi connectivity index (χ0) is 15.4.